The van der Waals surface area contributed by atoms with Gasteiger partial charge in [0, 0.05) is 19.2 Å². The molecule has 1 aliphatic rings. The lowest BCUT2D eigenvalue weighted by Gasteiger charge is -2.22. The van der Waals surface area contributed by atoms with Crippen LogP contribution >= 0.6 is 0 Å². The number of sulfone groups is 1. The monoisotopic (exact) mass is 300 g/mol. The molecule has 0 aliphatic carbocycles. The number of rotatable bonds is 3. The number of hydrogen-bond donors (Lipinski definition) is 1. The number of hydrogen-bond acceptors (Lipinski definition) is 6. The van der Waals surface area contributed by atoms with Gasteiger partial charge in [-0.3, -0.25) is 10.1 Å². The normalized spacial score (nSPS) is 18.6. The van der Waals surface area contributed by atoms with E-state index in [1.807, 2.05) is 0 Å². The van der Waals surface area contributed by atoms with Crippen LogP contribution in [-0.4, -0.2) is 43.0 Å². The second kappa shape index (κ2) is 5.76. The van der Waals surface area contributed by atoms with Gasteiger partial charge in [-0.25, -0.2) is 8.42 Å². The highest BCUT2D eigenvalue weighted by Gasteiger charge is 2.24. The summed E-state index contributed by atoms with van der Waals surface area (Å²) in [5.74, 6) is 0.123. The highest BCUT2D eigenvalue weighted by Crippen LogP contribution is 2.30. The largest absolute Gasteiger partial charge is 0.392 e. The summed E-state index contributed by atoms with van der Waals surface area (Å²) in [5.41, 5.74) is 0.767. The van der Waals surface area contributed by atoms with Gasteiger partial charge in [0.2, 0.25) is 0 Å². The number of benzene rings is 1. The van der Waals surface area contributed by atoms with Crippen LogP contribution in [0.1, 0.15) is 12.0 Å². The van der Waals surface area contributed by atoms with Crippen molar-refractivity contribution in [3.05, 3.63) is 33.9 Å². The van der Waals surface area contributed by atoms with Crippen molar-refractivity contribution < 1.29 is 18.4 Å². The molecule has 8 heteroatoms. The smallest absolute Gasteiger partial charge is 0.292 e. The lowest BCUT2D eigenvalue weighted by Crippen LogP contribution is -2.27. The van der Waals surface area contributed by atoms with E-state index >= 15 is 0 Å². The maximum Gasteiger partial charge on any atom is 0.292 e. The molecule has 1 fully saturated rings. The quantitative estimate of drug-likeness (QED) is 0.652. The second-order valence-electron chi connectivity index (χ2n) is 4.73. The van der Waals surface area contributed by atoms with Gasteiger partial charge >= 0.3 is 0 Å². The van der Waals surface area contributed by atoms with Crippen molar-refractivity contribution in [2.24, 2.45) is 0 Å². The minimum Gasteiger partial charge on any atom is -0.392 e. The Hall–Kier alpha value is -1.67. The summed E-state index contributed by atoms with van der Waals surface area (Å²) in [4.78, 5) is 12.3. The van der Waals surface area contributed by atoms with Crippen molar-refractivity contribution in [3.63, 3.8) is 0 Å². The van der Waals surface area contributed by atoms with Crippen LogP contribution in [0.15, 0.2) is 18.2 Å². The van der Waals surface area contributed by atoms with E-state index in [4.69, 9.17) is 5.11 Å². The number of aliphatic hydroxyl groups is 1. The molecule has 2 rings (SSSR count). The average Bonchev–Trinajstić information content (AvgIpc) is 2.59. The highest BCUT2D eigenvalue weighted by molar-refractivity contribution is 7.91. The molecule has 110 valence electrons. The molecule has 0 spiro atoms. The van der Waals surface area contributed by atoms with Gasteiger partial charge in [0.1, 0.15) is 5.69 Å². The molecule has 1 saturated heterocycles. The van der Waals surface area contributed by atoms with Crippen LogP contribution in [0.5, 0.6) is 0 Å². The van der Waals surface area contributed by atoms with Crippen molar-refractivity contribution in [2.45, 2.75) is 13.0 Å². The molecule has 20 heavy (non-hydrogen) atoms. The van der Waals surface area contributed by atoms with Crippen LogP contribution in [0.4, 0.5) is 11.4 Å². The van der Waals surface area contributed by atoms with E-state index in [9.17, 15) is 18.5 Å². The highest BCUT2D eigenvalue weighted by atomic mass is 32.2. The molecule has 0 atom stereocenters. The molecule has 1 aromatic rings. The minimum absolute atomic E-state index is 0.00586. The third-order valence-corrected chi connectivity index (χ3v) is 5.03. The number of nitro benzene ring substituents is 1. The maximum absolute atomic E-state index is 11.6. The van der Waals surface area contributed by atoms with Gasteiger partial charge < -0.3 is 10.0 Å². The zero-order valence-electron chi connectivity index (χ0n) is 10.9. The van der Waals surface area contributed by atoms with Crippen LogP contribution < -0.4 is 4.90 Å². The van der Waals surface area contributed by atoms with E-state index < -0.39 is 14.8 Å². The molecule has 0 unspecified atom stereocenters. The maximum atomic E-state index is 11.6. The third-order valence-electron chi connectivity index (χ3n) is 3.32. The van der Waals surface area contributed by atoms with Crippen LogP contribution in [-0.2, 0) is 16.4 Å². The van der Waals surface area contributed by atoms with Crippen molar-refractivity contribution in [2.75, 3.05) is 29.5 Å². The summed E-state index contributed by atoms with van der Waals surface area (Å²) in [7, 11) is -3.06. The molecular formula is C12H16N2O5S. The Morgan fingerprint density at radius 3 is 2.70 bits per heavy atom. The molecule has 1 heterocycles. The molecule has 7 nitrogen and oxygen atoms in total. The summed E-state index contributed by atoms with van der Waals surface area (Å²) >= 11 is 0. The predicted octanol–water partition coefficient (Wildman–Crippen LogP) is 0.712. The molecule has 0 saturated carbocycles. The van der Waals surface area contributed by atoms with Crippen LogP contribution in [0, 0.1) is 10.1 Å². The van der Waals surface area contributed by atoms with Gasteiger partial charge in [-0.05, 0) is 18.1 Å². The van der Waals surface area contributed by atoms with Gasteiger partial charge in [-0.2, -0.15) is 0 Å². The molecule has 1 N–H and O–H groups in total. The molecule has 0 amide bonds. The van der Waals surface area contributed by atoms with Gasteiger partial charge in [-0.1, -0.05) is 6.07 Å². The Bertz CT molecular complexity index is 614. The first-order valence-electron chi connectivity index (χ1n) is 6.26. The SMILES string of the molecule is O=[N+]([O-])c1cc(CO)ccc1N1CCCS(=O)(=O)CC1. The molecule has 0 aromatic heterocycles. The zero-order chi connectivity index (χ0) is 14.8. The number of nitro groups is 1. The zero-order valence-corrected chi connectivity index (χ0v) is 11.7. The standard InChI is InChI=1S/C12H16N2O5S/c15-9-10-2-3-11(12(8-10)14(16)17)13-4-1-6-20(18,19)7-5-13/h2-3,8,15H,1,4-7,9H2. The predicted molar refractivity (Wildman–Crippen MR) is 74.5 cm³/mol. The van der Waals surface area contributed by atoms with Crippen LogP contribution in [0.3, 0.4) is 0 Å². The fourth-order valence-corrected chi connectivity index (χ4v) is 3.53. The van der Waals surface area contributed by atoms with Gasteiger partial charge in [0.05, 0.1) is 23.0 Å². The van der Waals surface area contributed by atoms with Crippen LogP contribution in [0.2, 0.25) is 0 Å². The topological polar surface area (TPSA) is 101 Å². The average molecular weight is 300 g/mol. The second-order valence-corrected chi connectivity index (χ2v) is 7.03. The molecule has 1 aliphatic heterocycles. The summed E-state index contributed by atoms with van der Waals surface area (Å²) in [6, 6.07) is 4.51. The first-order valence-corrected chi connectivity index (χ1v) is 8.08. The summed E-state index contributed by atoms with van der Waals surface area (Å²) < 4.78 is 23.1. The van der Waals surface area contributed by atoms with Gasteiger partial charge in [0.15, 0.2) is 9.84 Å². The molecule has 0 radical (unpaired) electrons. The first-order chi connectivity index (χ1) is 9.43. The number of nitrogens with zero attached hydrogens (tertiary/aromatic N) is 2. The lowest BCUT2D eigenvalue weighted by molar-refractivity contribution is -0.384. The number of anilines is 1. The first kappa shape index (κ1) is 14.7. The van der Waals surface area contributed by atoms with E-state index in [1.165, 1.54) is 6.07 Å². The van der Waals surface area contributed by atoms with Gasteiger partial charge in [0.25, 0.3) is 5.69 Å². The minimum atomic E-state index is -3.06. The Labute approximate surface area is 116 Å². The van der Waals surface area contributed by atoms with E-state index in [1.54, 1.807) is 17.0 Å². The lowest BCUT2D eigenvalue weighted by atomic mass is 10.1. The summed E-state index contributed by atoms with van der Waals surface area (Å²) in [5, 5.41) is 20.2. The third kappa shape index (κ3) is 3.26. The van der Waals surface area contributed by atoms with Gasteiger partial charge in [-0.15, -0.1) is 0 Å². The van der Waals surface area contributed by atoms with Crippen molar-refractivity contribution >= 4 is 21.2 Å². The Morgan fingerprint density at radius 2 is 2.05 bits per heavy atom. The van der Waals surface area contributed by atoms with E-state index in [0.717, 1.165) is 0 Å². The molecule has 1 aromatic carbocycles. The van der Waals surface area contributed by atoms with E-state index in [0.29, 0.717) is 24.2 Å². The van der Waals surface area contributed by atoms with Crippen molar-refractivity contribution in [1.82, 2.24) is 0 Å². The summed E-state index contributed by atoms with van der Waals surface area (Å²) in [6.45, 7) is 0.454. The van der Waals surface area contributed by atoms with E-state index in [-0.39, 0.29) is 30.3 Å². The Balaban J connectivity index is 2.34. The molecule has 0 bridgehead atoms. The molecular weight excluding hydrogens is 284 g/mol. The van der Waals surface area contributed by atoms with Crippen molar-refractivity contribution in [3.8, 4) is 0 Å². The van der Waals surface area contributed by atoms with Crippen LogP contribution in [0.25, 0.3) is 0 Å². The fourth-order valence-electron chi connectivity index (χ4n) is 2.26. The summed E-state index contributed by atoms with van der Waals surface area (Å²) in [6.07, 6.45) is 0.460. The van der Waals surface area contributed by atoms with Crippen molar-refractivity contribution in [1.29, 1.82) is 0 Å². The number of aliphatic hydroxyl groups excluding tert-OH is 1. The van der Waals surface area contributed by atoms with E-state index in [2.05, 4.69) is 0 Å². The fraction of sp³-hybridized carbons (Fsp3) is 0.500. The Kier molecular flexibility index (Phi) is 4.24. The Morgan fingerprint density at radius 1 is 1.30 bits per heavy atom.